The van der Waals surface area contributed by atoms with Crippen LogP contribution < -0.4 is 4.74 Å². The zero-order valence-electron chi connectivity index (χ0n) is 12.8. The largest absolute Gasteiger partial charge is 0.493 e. The van der Waals surface area contributed by atoms with Gasteiger partial charge in [0.25, 0.3) is 0 Å². The zero-order chi connectivity index (χ0) is 14.5. The lowest BCUT2D eigenvalue weighted by Gasteiger charge is -2.09. The Labute approximate surface area is 123 Å². The van der Waals surface area contributed by atoms with Gasteiger partial charge in [-0.2, -0.15) is 0 Å². The van der Waals surface area contributed by atoms with Gasteiger partial charge in [0, 0.05) is 12.0 Å². The van der Waals surface area contributed by atoms with Crippen LogP contribution in [0.4, 0.5) is 0 Å². The lowest BCUT2D eigenvalue weighted by molar-refractivity contribution is -0.107. The lowest BCUT2D eigenvalue weighted by Crippen LogP contribution is -2.00. The molecule has 1 aromatic rings. The molecule has 20 heavy (non-hydrogen) atoms. The van der Waals surface area contributed by atoms with Crippen molar-refractivity contribution < 1.29 is 9.53 Å². The third kappa shape index (κ3) is 7.32. The minimum atomic E-state index is 0.438. The summed E-state index contributed by atoms with van der Waals surface area (Å²) < 4.78 is 5.78. The van der Waals surface area contributed by atoms with Crippen LogP contribution in [0, 0.1) is 0 Å². The van der Waals surface area contributed by atoms with Crippen LogP contribution >= 0.6 is 0 Å². The molecule has 0 radical (unpaired) electrons. The molecule has 0 spiro atoms. The first-order valence-corrected chi connectivity index (χ1v) is 8.02. The molecule has 1 rings (SSSR count). The fraction of sp³-hybridized carbons (Fsp3) is 0.611. The van der Waals surface area contributed by atoms with E-state index in [1.165, 1.54) is 44.9 Å². The molecule has 2 nitrogen and oxygen atoms in total. The number of rotatable bonds is 12. The van der Waals surface area contributed by atoms with Gasteiger partial charge < -0.3 is 9.53 Å². The number of para-hydroxylation sites is 1. The van der Waals surface area contributed by atoms with Gasteiger partial charge in [-0.1, -0.05) is 70.1 Å². The van der Waals surface area contributed by atoms with E-state index < -0.39 is 0 Å². The molecule has 0 heterocycles. The summed E-state index contributed by atoms with van der Waals surface area (Å²) in [6, 6.07) is 7.81. The molecule has 0 N–H and O–H groups in total. The molecule has 2 heteroatoms. The Kier molecular flexibility index (Phi) is 9.64. The predicted octanol–water partition coefficient (Wildman–Crippen LogP) is 4.95. The maximum Gasteiger partial charge on any atom is 0.124 e. The highest BCUT2D eigenvalue weighted by Gasteiger charge is 2.01. The molecule has 0 bridgehead atoms. The molecule has 0 aliphatic carbocycles. The zero-order valence-corrected chi connectivity index (χ0v) is 12.8. The van der Waals surface area contributed by atoms with Crippen molar-refractivity contribution in [3.8, 4) is 5.75 Å². The number of carbonyl (C=O) groups is 1. The van der Waals surface area contributed by atoms with Crippen LogP contribution in [0.15, 0.2) is 24.3 Å². The van der Waals surface area contributed by atoms with Crippen molar-refractivity contribution in [1.82, 2.24) is 0 Å². The van der Waals surface area contributed by atoms with Crippen molar-refractivity contribution in [3.63, 3.8) is 0 Å². The summed E-state index contributed by atoms with van der Waals surface area (Å²) in [5.74, 6) is 0.863. The van der Waals surface area contributed by atoms with Crippen molar-refractivity contribution in [1.29, 1.82) is 0 Å². The maximum absolute atomic E-state index is 10.6. The van der Waals surface area contributed by atoms with Crippen LogP contribution in [0.25, 0.3) is 0 Å². The van der Waals surface area contributed by atoms with Gasteiger partial charge in [-0.3, -0.25) is 0 Å². The van der Waals surface area contributed by atoms with E-state index in [1.54, 1.807) is 0 Å². The topological polar surface area (TPSA) is 26.3 Å². The van der Waals surface area contributed by atoms with Crippen molar-refractivity contribution in [2.45, 2.75) is 64.7 Å². The third-order valence-electron chi connectivity index (χ3n) is 3.53. The number of hydrogen-bond donors (Lipinski definition) is 0. The van der Waals surface area contributed by atoms with E-state index in [4.69, 9.17) is 4.74 Å². The molecule has 0 unspecified atom stereocenters. The summed E-state index contributed by atoms with van der Waals surface area (Å²) in [5, 5.41) is 0. The fourth-order valence-corrected chi connectivity index (χ4v) is 2.32. The summed E-state index contributed by atoms with van der Waals surface area (Å²) >= 11 is 0. The van der Waals surface area contributed by atoms with Crippen LogP contribution in [-0.2, 0) is 11.2 Å². The minimum Gasteiger partial charge on any atom is -0.493 e. The molecule has 0 aliphatic heterocycles. The molecule has 0 saturated carbocycles. The normalized spacial score (nSPS) is 10.4. The third-order valence-corrected chi connectivity index (χ3v) is 3.53. The Morgan fingerprint density at radius 2 is 1.60 bits per heavy atom. The quantitative estimate of drug-likeness (QED) is 0.399. The predicted molar refractivity (Wildman–Crippen MR) is 84.3 cm³/mol. The van der Waals surface area contributed by atoms with Crippen molar-refractivity contribution in [2.24, 2.45) is 0 Å². The molecular weight excluding hydrogens is 248 g/mol. The van der Waals surface area contributed by atoms with Gasteiger partial charge in [-0.05, 0) is 12.5 Å². The SMILES string of the molecule is CCCCCCCCCCOc1ccccc1CC=O. The van der Waals surface area contributed by atoms with E-state index in [0.29, 0.717) is 6.42 Å². The summed E-state index contributed by atoms with van der Waals surface area (Å²) in [6.07, 6.45) is 11.8. The van der Waals surface area contributed by atoms with Gasteiger partial charge in [0.15, 0.2) is 0 Å². The van der Waals surface area contributed by atoms with Crippen molar-refractivity contribution >= 4 is 6.29 Å². The number of hydrogen-bond acceptors (Lipinski definition) is 2. The molecule has 0 saturated heterocycles. The average Bonchev–Trinajstić information content (AvgIpc) is 2.47. The standard InChI is InChI=1S/C18H28O2/c1-2-3-4-5-6-7-8-11-16-20-18-13-10-9-12-17(18)14-15-19/h9-10,12-13,15H,2-8,11,14,16H2,1H3. The summed E-state index contributed by atoms with van der Waals surface area (Å²) in [6.45, 7) is 3.00. The molecule has 0 amide bonds. The maximum atomic E-state index is 10.6. The molecule has 112 valence electrons. The van der Waals surface area contributed by atoms with E-state index in [0.717, 1.165) is 30.6 Å². The number of aldehydes is 1. The van der Waals surface area contributed by atoms with Crippen LogP contribution in [0.2, 0.25) is 0 Å². The van der Waals surface area contributed by atoms with Gasteiger partial charge in [0.05, 0.1) is 6.61 Å². The Morgan fingerprint density at radius 3 is 2.30 bits per heavy atom. The average molecular weight is 276 g/mol. The van der Waals surface area contributed by atoms with Gasteiger partial charge >= 0.3 is 0 Å². The van der Waals surface area contributed by atoms with Crippen LogP contribution in [0.1, 0.15) is 63.9 Å². The van der Waals surface area contributed by atoms with Crippen LogP contribution in [0.5, 0.6) is 5.75 Å². The summed E-state index contributed by atoms with van der Waals surface area (Å²) in [5.41, 5.74) is 0.988. The van der Waals surface area contributed by atoms with Gasteiger partial charge in [-0.25, -0.2) is 0 Å². The molecule has 0 atom stereocenters. The first-order valence-electron chi connectivity index (χ1n) is 8.02. The number of ether oxygens (including phenoxy) is 1. The molecule has 1 aromatic carbocycles. The Balaban J connectivity index is 2.08. The van der Waals surface area contributed by atoms with Crippen molar-refractivity contribution in [3.05, 3.63) is 29.8 Å². The van der Waals surface area contributed by atoms with Gasteiger partial charge in [0.2, 0.25) is 0 Å². The lowest BCUT2D eigenvalue weighted by atomic mass is 10.1. The second-order valence-corrected chi connectivity index (χ2v) is 5.30. The first kappa shape index (κ1) is 16.7. The highest BCUT2D eigenvalue weighted by molar-refractivity contribution is 5.57. The molecule has 0 fully saturated rings. The van der Waals surface area contributed by atoms with Gasteiger partial charge in [-0.15, -0.1) is 0 Å². The van der Waals surface area contributed by atoms with Crippen LogP contribution in [-0.4, -0.2) is 12.9 Å². The Hall–Kier alpha value is -1.31. The molecule has 0 aliphatic rings. The highest BCUT2D eigenvalue weighted by Crippen LogP contribution is 2.18. The van der Waals surface area contributed by atoms with E-state index in [1.807, 2.05) is 24.3 Å². The minimum absolute atomic E-state index is 0.438. The Morgan fingerprint density at radius 1 is 0.950 bits per heavy atom. The van der Waals surface area contributed by atoms with E-state index in [-0.39, 0.29) is 0 Å². The number of carbonyl (C=O) groups excluding carboxylic acids is 1. The van der Waals surface area contributed by atoms with E-state index >= 15 is 0 Å². The van der Waals surface area contributed by atoms with Crippen molar-refractivity contribution in [2.75, 3.05) is 6.61 Å². The number of unbranched alkanes of at least 4 members (excludes halogenated alkanes) is 7. The smallest absolute Gasteiger partial charge is 0.124 e. The van der Waals surface area contributed by atoms with E-state index in [9.17, 15) is 4.79 Å². The second-order valence-electron chi connectivity index (χ2n) is 5.30. The highest BCUT2D eigenvalue weighted by atomic mass is 16.5. The number of benzene rings is 1. The molecule has 0 aromatic heterocycles. The summed E-state index contributed by atoms with van der Waals surface area (Å²) in [7, 11) is 0. The second kappa shape index (κ2) is 11.5. The Bertz CT molecular complexity index is 360. The fourth-order valence-electron chi connectivity index (χ4n) is 2.32. The van der Waals surface area contributed by atoms with Crippen LogP contribution in [0.3, 0.4) is 0 Å². The monoisotopic (exact) mass is 276 g/mol. The first-order chi connectivity index (χ1) is 9.88. The van der Waals surface area contributed by atoms with E-state index in [2.05, 4.69) is 6.92 Å². The van der Waals surface area contributed by atoms with Gasteiger partial charge in [0.1, 0.15) is 12.0 Å². The molecular formula is C18H28O2. The summed E-state index contributed by atoms with van der Waals surface area (Å²) in [4.78, 5) is 10.6.